The number of nitrogens with zero attached hydrogens (tertiary/aromatic N) is 1. The monoisotopic (exact) mass is 226 g/mol. The molecule has 0 amide bonds. The lowest BCUT2D eigenvalue weighted by Gasteiger charge is -2.11. The molecule has 1 aromatic heterocycles. The summed E-state index contributed by atoms with van der Waals surface area (Å²) in [6.45, 7) is 2.56. The molecule has 1 unspecified atom stereocenters. The number of nitrogens with one attached hydrogen (secondary N) is 1. The fourth-order valence-corrected chi connectivity index (χ4v) is 2.33. The molecule has 2 N–H and O–H groups in total. The van der Waals surface area contributed by atoms with Gasteiger partial charge in [-0.2, -0.15) is 0 Å². The maximum absolute atomic E-state index is 10.9. The van der Waals surface area contributed by atoms with Gasteiger partial charge in [0.1, 0.15) is 6.04 Å². The Balaban J connectivity index is 1.87. The molecule has 5 heteroatoms. The van der Waals surface area contributed by atoms with Crippen LogP contribution in [0.25, 0.3) is 0 Å². The van der Waals surface area contributed by atoms with Gasteiger partial charge in [-0.05, 0) is 25.7 Å². The zero-order valence-electron chi connectivity index (χ0n) is 8.56. The van der Waals surface area contributed by atoms with Crippen molar-refractivity contribution in [2.24, 2.45) is 5.92 Å². The van der Waals surface area contributed by atoms with Gasteiger partial charge in [-0.25, -0.2) is 4.98 Å². The Morgan fingerprint density at radius 1 is 1.80 bits per heavy atom. The number of hydrogen-bond acceptors (Lipinski definition) is 4. The number of aryl methyl sites for hydroxylation is 1. The number of thiazole rings is 1. The van der Waals surface area contributed by atoms with Gasteiger partial charge in [0.15, 0.2) is 0 Å². The van der Waals surface area contributed by atoms with Crippen molar-refractivity contribution in [2.45, 2.75) is 32.4 Å². The Kier molecular flexibility index (Phi) is 3.02. The van der Waals surface area contributed by atoms with E-state index in [1.54, 1.807) is 17.5 Å². The van der Waals surface area contributed by atoms with Crippen LogP contribution >= 0.6 is 11.3 Å². The third-order valence-electron chi connectivity index (χ3n) is 2.52. The Morgan fingerprint density at radius 3 is 3.00 bits per heavy atom. The van der Waals surface area contributed by atoms with E-state index in [0.717, 1.165) is 22.7 Å². The van der Waals surface area contributed by atoms with Crippen molar-refractivity contribution in [2.75, 3.05) is 0 Å². The minimum Gasteiger partial charge on any atom is -0.480 e. The predicted molar refractivity (Wildman–Crippen MR) is 57.8 cm³/mol. The van der Waals surface area contributed by atoms with Gasteiger partial charge in [0.05, 0.1) is 5.01 Å². The molecule has 0 spiro atoms. The van der Waals surface area contributed by atoms with Crippen LogP contribution in [-0.2, 0) is 11.3 Å². The first-order valence-corrected chi connectivity index (χ1v) is 5.86. The molecule has 82 valence electrons. The summed E-state index contributed by atoms with van der Waals surface area (Å²) < 4.78 is 0. The lowest BCUT2D eigenvalue weighted by molar-refractivity contribution is -0.140. The molecule has 2 rings (SSSR count). The molecule has 15 heavy (non-hydrogen) atoms. The number of carboxylic acids is 1. The standard InChI is InChI=1S/C10H14N2O2S/c1-6-11-4-8(15-6)5-12-9(10(13)14)7-2-3-7/h4,7,9,12H,2-3,5H2,1H3,(H,13,14). The van der Waals surface area contributed by atoms with Crippen LogP contribution in [0.5, 0.6) is 0 Å². The smallest absolute Gasteiger partial charge is 0.320 e. The highest BCUT2D eigenvalue weighted by Gasteiger charge is 2.35. The molecule has 0 aromatic carbocycles. The van der Waals surface area contributed by atoms with E-state index in [2.05, 4.69) is 10.3 Å². The fourth-order valence-electron chi connectivity index (χ4n) is 1.58. The van der Waals surface area contributed by atoms with Crippen LogP contribution in [0.4, 0.5) is 0 Å². The molecule has 1 fully saturated rings. The van der Waals surface area contributed by atoms with E-state index >= 15 is 0 Å². The zero-order valence-corrected chi connectivity index (χ0v) is 9.38. The summed E-state index contributed by atoms with van der Waals surface area (Å²) in [6.07, 6.45) is 3.87. The average molecular weight is 226 g/mol. The summed E-state index contributed by atoms with van der Waals surface area (Å²) in [5.74, 6) is -0.407. The zero-order chi connectivity index (χ0) is 10.8. The van der Waals surface area contributed by atoms with Crippen molar-refractivity contribution in [1.29, 1.82) is 0 Å². The van der Waals surface area contributed by atoms with Gasteiger partial charge in [0.2, 0.25) is 0 Å². The maximum Gasteiger partial charge on any atom is 0.320 e. The average Bonchev–Trinajstić information content (AvgIpc) is 2.90. The maximum atomic E-state index is 10.9. The summed E-state index contributed by atoms with van der Waals surface area (Å²) in [4.78, 5) is 16.2. The van der Waals surface area contributed by atoms with Crippen LogP contribution in [0.2, 0.25) is 0 Å². The number of rotatable bonds is 5. The van der Waals surface area contributed by atoms with E-state index in [0.29, 0.717) is 12.5 Å². The van der Waals surface area contributed by atoms with Crippen molar-refractivity contribution in [1.82, 2.24) is 10.3 Å². The van der Waals surface area contributed by atoms with Gasteiger partial charge in [0, 0.05) is 17.6 Å². The van der Waals surface area contributed by atoms with Crippen LogP contribution in [0.3, 0.4) is 0 Å². The molecule has 0 bridgehead atoms. The minimum atomic E-state index is -0.737. The first-order chi connectivity index (χ1) is 7.16. The lowest BCUT2D eigenvalue weighted by atomic mass is 10.2. The van der Waals surface area contributed by atoms with Gasteiger partial charge >= 0.3 is 5.97 Å². The normalized spacial score (nSPS) is 17.7. The van der Waals surface area contributed by atoms with Crippen LogP contribution in [0, 0.1) is 12.8 Å². The van der Waals surface area contributed by atoms with Crippen LogP contribution in [0.15, 0.2) is 6.20 Å². The van der Waals surface area contributed by atoms with Crippen molar-refractivity contribution in [3.63, 3.8) is 0 Å². The third kappa shape index (κ3) is 2.76. The third-order valence-corrected chi connectivity index (χ3v) is 3.44. The number of carboxylic acid groups (broad SMARTS) is 1. The van der Waals surface area contributed by atoms with E-state index < -0.39 is 5.97 Å². The second kappa shape index (κ2) is 4.28. The molecule has 1 aliphatic carbocycles. The van der Waals surface area contributed by atoms with E-state index in [4.69, 9.17) is 5.11 Å². The molecule has 1 aliphatic rings. The molecule has 0 aliphatic heterocycles. The van der Waals surface area contributed by atoms with E-state index in [-0.39, 0.29) is 6.04 Å². The Morgan fingerprint density at radius 2 is 2.53 bits per heavy atom. The number of aromatic nitrogens is 1. The highest BCUT2D eigenvalue weighted by Crippen LogP contribution is 2.32. The lowest BCUT2D eigenvalue weighted by Crippen LogP contribution is -2.37. The Hall–Kier alpha value is -0.940. The number of carbonyl (C=O) groups is 1. The van der Waals surface area contributed by atoms with Crippen LogP contribution in [0.1, 0.15) is 22.7 Å². The quantitative estimate of drug-likeness (QED) is 0.796. The molecule has 4 nitrogen and oxygen atoms in total. The van der Waals surface area contributed by atoms with Gasteiger partial charge in [-0.1, -0.05) is 0 Å². The van der Waals surface area contributed by atoms with Gasteiger partial charge in [0.25, 0.3) is 0 Å². The van der Waals surface area contributed by atoms with Crippen LogP contribution < -0.4 is 5.32 Å². The topological polar surface area (TPSA) is 62.2 Å². The minimum absolute atomic E-state index is 0.330. The van der Waals surface area contributed by atoms with Crippen LogP contribution in [-0.4, -0.2) is 22.1 Å². The Bertz CT molecular complexity index is 360. The summed E-state index contributed by atoms with van der Waals surface area (Å²) >= 11 is 1.61. The van der Waals surface area contributed by atoms with Gasteiger partial charge < -0.3 is 5.11 Å². The van der Waals surface area contributed by atoms with Crippen molar-refractivity contribution in [3.8, 4) is 0 Å². The second-order valence-electron chi connectivity index (χ2n) is 3.88. The first kappa shape index (κ1) is 10.6. The molecule has 1 saturated carbocycles. The summed E-state index contributed by atoms with van der Waals surface area (Å²) in [5, 5.41) is 13.1. The van der Waals surface area contributed by atoms with Crippen molar-refractivity contribution < 1.29 is 9.90 Å². The molecular formula is C10H14N2O2S. The molecular weight excluding hydrogens is 212 g/mol. The van der Waals surface area contributed by atoms with Gasteiger partial charge in [-0.3, -0.25) is 10.1 Å². The Labute approximate surface area is 92.3 Å². The van der Waals surface area contributed by atoms with Gasteiger partial charge in [-0.15, -0.1) is 11.3 Å². The largest absolute Gasteiger partial charge is 0.480 e. The predicted octanol–water partition coefficient (Wildman–Crippen LogP) is 1.40. The van der Waals surface area contributed by atoms with E-state index in [1.807, 2.05) is 6.92 Å². The highest BCUT2D eigenvalue weighted by atomic mass is 32.1. The number of aliphatic carboxylic acids is 1. The highest BCUT2D eigenvalue weighted by molar-refractivity contribution is 7.11. The van der Waals surface area contributed by atoms with E-state index in [1.165, 1.54) is 0 Å². The second-order valence-corrected chi connectivity index (χ2v) is 5.20. The van der Waals surface area contributed by atoms with Crippen molar-refractivity contribution >= 4 is 17.3 Å². The van der Waals surface area contributed by atoms with E-state index in [9.17, 15) is 4.79 Å². The summed E-state index contributed by atoms with van der Waals surface area (Å²) in [6, 6.07) is -0.382. The first-order valence-electron chi connectivity index (χ1n) is 5.04. The fraction of sp³-hybridized carbons (Fsp3) is 0.600. The molecule has 0 saturated heterocycles. The summed E-state index contributed by atoms with van der Waals surface area (Å²) in [5.41, 5.74) is 0. The molecule has 1 heterocycles. The molecule has 0 radical (unpaired) electrons. The molecule has 1 aromatic rings. The number of hydrogen-bond donors (Lipinski definition) is 2. The summed E-state index contributed by atoms with van der Waals surface area (Å²) in [7, 11) is 0. The SMILES string of the molecule is Cc1ncc(CNC(C(=O)O)C2CC2)s1. The van der Waals surface area contributed by atoms with Crippen molar-refractivity contribution in [3.05, 3.63) is 16.1 Å². The molecule has 1 atom stereocenters.